The van der Waals surface area contributed by atoms with Crippen LogP contribution in [0.3, 0.4) is 0 Å². The molecule has 0 spiro atoms. The van der Waals surface area contributed by atoms with Gasteiger partial charge in [-0.3, -0.25) is 0 Å². The first-order valence-electron chi connectivity index (χ1n) is 10.5. The van der Waals surface area contributed by atoms with Crippen molar-refractivity contribution < 1.29 is 19.1 Å². The molecular formula is C27H19N3O4. The van der Waals surface area contributed by atoms with Crippen LogP contribution in [0, 0.1) is 0 Å². The molecule has 0 atom stereocenters. The van der Waals surface area contributed by atoms with Gasteiger partial charge >= 0.3 is 11.9 Å². The summed E-state index contributed by atoms with van der Waals surface area (Å²) in [5.74, 6) is -0.898. The van der Waals surface area contributed by atoms with E-state index in [9.17, 15) is 9.59 Å². The summed E-state index contributed by atoms with van der Waals surface area (Å²) in [6, 6.07) is 23.5. The fourth-order valence-electron chi connectivity index (χ4n) is 3.89. The maximum Gasteiger partial charge on any atom is 0.338 e. The Morgan fingerprint density at radius 1 is 0.559 bits per heavy atom. The van der Waals surface area contributed by atoms with Gasteiger partial charge in [-0.05, 0) is 36.4 Å². The number of aromatic nitrogens is 3. The Morgan fingerprint density at radius 2 is 1.00 bits per heavy atom. The van der Waals surface area contributed by atoms with E-state index in [-0.39, 0.29) is 0 Å². The number of esters is 2. The van der Waals surface area contributed by atoms with Crippen LogP contribution in [0.5, 0.6) is 0 Å². The lowest BCUT2D eigenvalue weighted by molar-refractivity contribution is 0.0594. The first kappa shape index (κ1) is 21.2. The highest BCUT2D eigenvalue weighted by molar-refractivity contribution is 6.05. The Labute approximate surface area is 195 Å². The fraction of sp³-hybridized carbons (Fsp3) is 0.0741. The molecule has 0 saturated carbocycles. The largest absolute Gasteiger partial charge is 0.465 e. The average Bonchev–Trinajstić information content (AvgIpc) is 2.91. The predicted octanol–water partition coefficient (Wildman–Crippen LogP) is 5.09. The lowest BCUT2D eigenvalue weighted by Crippen LogP contribution is -2.05. The molecule has 7 heteroatoms. The molecule has 0 amide bonds. The third-order valence-electron chi connectivity index (χ3n) is 5.52. The van der Waals surface area contributed by atoms with Gasteiger partial charge in [0.15, 0.2) is 0 Å². The number of benzene rings is 2. The zero-order valence-electron chi connectivity index (χ0n) is 18.5. The molecule has 34 heavy (non-hydrogen) atoms. The van der Waals surface area contributed by atoms with Crippen LogP contribution in [-0.2, 0) is 9.47 Å². The van der Waals surface area contributed by atoms with E-state index in [4.69, 9.17) is 24.4 Å². The number of methoxy groups -OCH3 is 2. The van der Waals surface area contributed by atoms with Gasteiger partial charge in [0.05, 0.1) is 59.2 Å². The molecule has 0 saturated heterocycles. The van der Waals surface area contributed by atoms with Crippen LogP contribution in [-0.4, -0.2) is 41.1 Å². The van der Waals surface area contributed by atoms with E-state index in [0.29, 0.717) is 55.7 Å². The molecule has 0 unspecified atom stereocenters. The molecule has 2 aromatic carbocycles. The zero-order chi connectivity index (χ0) is 23.7. The Balaban J connectivity index is 1.67. The number of hydrogen-bond acceptors (Lipinski definition) is 7. The maximum atomic E-state index is 12.4. The summed E-state index contributed by atoms with van der Waals surface area (Å²) in [5, 5.41) is 1.40. The highest BCUT2D eigenvalue weighted by Gasteiger charge is 2.17. The number of hydrogen-bond donors (Lipinski definition) is 0. The van der Waals surface area contributed by atoms with Gasteiger partial charge in [0.1, 0.15) is 0 Å². The van der Waals surface area contributed by atoms with E-state index in [0.717, 1.165) is 0 Å². The second kappa shape index (κ2) is 8.71. The third kappa shape index (κ3) is 3.73. The Hall–Kier alpha value is -4.65. The lowest BCUT2D eigenvalue weighted by atomic mass is 10.0. The Morgan fingerprint density at radius 3 is 1.44 bits per heavy atom. The second-order valence-electron chi connectivity index (χ2n) is 7.54. The monoisotopic (exact) mass is 449 g/mol. The van der Waals surface area contributed by atoms with Gasteiger partial charge in [-0.15, -0.1) is 0 Å². The van der Waals surface area contributed by atoms with Crippen molar-refractivity contribution in [2.24, 2.45) is 0 Å². The van der Waals surface area contributed by atoms with Crippen molar-refractivity contribution in [2.45, 2.75) is 0 Å². The molecule has 0 bridgehead atoms. The normalized spacial score (nSPS) is 10.9. The fourth-order valence-corrected chi connectivity index (χ4v) is 3.89. The van der Waals surface area contributed by atoms with Gasteiger partial charge in [-0.1, -0.05) is 42.5 Å². The molecule has 0 aliphatic heterocycles. The van der Waals surface area contributed by atoms with Crippen LogP contribution in [0.2, 0.25) is 0 Å². The molecule has 3 heterocycles. The maximum absolute atomic E-state index is 12.4. The molecule has 0 aliphatic carbocycles. The van der Waals surface area contributed by atoms with Gasteiger partial charge < -0.3 is 9.47 Å². The first-order valence-corrected chi connectivity index (χ1v) is 10.5. The highest BCUT2D eigenvalue weighted by Crippen LogP contribution is 2.28. The molecule has 3 aromatic heterocycles. The van der Waals surface area contributed by atoms with Gasteiger partial charge in [0, 0.05) is 10.8 Å². The van der Waals surface area contributed by atoms with E-state index < -0.39 is 11.9 Å². The van der Waals surface area contributed by atoms with Gasteiger partial charge in [0.25, 0.3) is 0 Å². The predicted molar refractivity (Wildman–Crippen MR) is 128 cm³/mol. The Kier molecular flexibility index (Phi) is 5.43. The second-order valence-corrected chi connectivity index (χ2v) is 7.54. The summed E-state index contributed by atoms with van der Waals surface area (Å²) in [6.45, 7) is 0. The molecule has 166 valence electrons. The SMILES string of the molecule is COC(=O)c1cc(-c2cccc(-c3cc(C(=O)OC)c4ccccc4n3)n2)nc2ccccc12. The van der Waals surface area contributed by atoms with Gasteiger partial charge in [-0.25, -0.2) is 24.5 Å². The van der Waals surface area contributed by atoms with Crippen LogP contribution >= 0.6 is 0 Å². The number of para-hydroxylation sites is 2. The van der Waals surface area contributed by atoms with Crippen LogP contribution in [0.1, 0.15) is 20.7 Å². The minimum Gasteiger partial charge on any atom is -0.465 e. The molecule has 0 aliphatic rings. The number of pyridine rings is 3. The van der Waals surface area contributed by atoms with Crippen molar-refractivity contribution in [3.8, 4) is 22.8 Å². The molecule has 0 radical (unpaired) electrons. The zero-order valence-corrected chi connectivity index (χ0v) is 18.5. The number of carbonyl (C=O) groups is 2. The van der Waals surface area contributed by atoms with Crippen molar-refractivity contribution in [1.29, 1.82) is 0 Å². The molecule has 5 aromatic rings. The van der Waals surface area contributed by atoms with E-state index in [1.807, 2.05) is 66.7 Å². The standard InChI is InChI=1S/C27H19N3O4/c1-33-26(31)18-14-24(28-20-10-5-3-8-16(18)20)22-12-7-13-23(30-22)25-15-19(27(32)34-2)17-9-4-6-11-21(17)29-25/h3-15H,1-2H3. The number of carbonyl (C=O) groups excluding carboxylic acids is 2. The lowest BCUT2D eigenvalue weighted by Gasteiger charge is -2.10. The summed E-state index contributed by atoms with van der Waals surface area (Å²) in [5.41, 5.74) is 4.30. The summed E-state index contributed by atoms with van der Waals surface area (Å²) in [4.78, 5) is 39.0. The summed E-state index contributed by atoms with van der Waals surface area (Å²) < 4.78 is 9.95. The summed E-state index contributed by atoms with van der Waals surface area (Å²) in [7, 11) is 2.70. The van der Waals surface area contributed by atoms with Crippen LogP contribution in [0.25, 0.3) is 44.6 Å². The van der Waals surface area contributed by atoms with E-state index in [1.165, 1.54) is 14.2 Å². The van der Waals surface area contributed by atoms with E-state index in [1.54, 1.807) is 12.1 Å². The highest BCUT2D eigenvalue weighted by atomic mass is 16.5. The van der Waals surface area contributed by atoms with Crippen LogP contribution in [0.15, 0.2) is 78.9 Å². The van der Waals surface area contributed by atoms with Gasteiger partial charge in [-0.2, -0.15) is 0 Å². The van der Waals surface area contributed by atoms with Crippen molar-refractivity contribution in [3.05, 3.63) is 90.0 Å². The number of nitrogens with zero attached hydrogens (tertiary/aromatic N) is 3. The molecule has 5 rings (SSSR count). The third-order valence-corrected chi connectivity index (χ3v) is 5.52. The number of rotatable bonds is 4. The van der Waals surface area contributed by atoms with Crippen molar-refractivity contribution >= 4 is 33.7 Å². The molecule has 0 fully saturated rings. The molecule has 0 N–H and O–H groups in total. The minimum atomic E-state index is -0.449. The first-order chi connectivity index (χ1) is 16.6. The van der Waals surface area contributed by atoms with Crippen molar-refractivity contribution in [2.75, 3.05) is 14.2 Å². The Bertz CT molecular complexity index is 1470. The quantitative estimate of drug-likeness (QED) is 0.353. The van der Waals surface area contributed by atoms with Gasteiger partial charge in [0.2, 0.25) is 0 Å². The summed E-state index contributed by atoms with van der Waals surface area (Å²) >= 11 is 0. The van der Waals surface area contributed by atoms with Crippen LogP contribution in [0.4, 0.5) is 0 Å². The molecular weight excluding hydrogens is 430 g/mol. The van der Waals surface area contributed by atoms with Crippen molar-refractivity contribution in [3.63, 3.8) is 0 Å². The minimum absolute atomic E-state index is 0.409. The van der Waals surface area contributed by atoms with Crippen molar-refractivity contribution in [1.82, 2.24) is 15.0 Å². The topological polar surface area (TPSA) is 91.3 Å². The van der Waals surface area contributed by atoms with E-state index >= 15 is 0 Å². The number of ether oxygens (including phenoxy) is 2. The summed E-state index contributed by atoms with van der Waals surface area (Å²) in [6.07, 6.45) is 0. The smallest absolute Gasteiger partial charge is 0.338 e. The average molecular weight is 449 g/mol. The van der Waals surface area contributed by atoms with E-state index in [2.05, 4.69) is 0 Å². The molecule has 7 nitrogen and oxygen atoms in total. The number of fused-ring (bicyclic) bond motifs is 2. The van der Waals surface area contributed by atoms with Crippen LogP contribution < -0.4 is 0 Å².